The van der Waals surface area contributed by atoms with Gasteiger partial charge in [-0.3, -0.25) is 10.9 Å². The summed E-state index contributed by atoms with van der Waals surface area (Å²) in [6.45, 7) is 0. The summed E-state index contributed by atoms with van der Waals surface area (Å²) < 4.78 is 1.33. The first-order valence-electron chi connectivity index (χ1n) is 6.66. The van der Waals surface area contributed by atoms with E-state index in [0.29, 0.717) is 8.64 Å². The third-order valence-electron chi connectivity index (χ3n) is 2.33. The number of hydrazone groups is 2. The van der Waals surface area contributed by atoms with Crippen LogP contribution < -0.4 is 10.9 Å². The summed E-state index contributed by atoms with van der Waals surface area (Å²) in [5.74, 6) is 0. The maximum Gasteiger partial charge on any atom is 0.153 e. The Morgan fingerprint density at radius 1 is 0.920 bits per heavy atom. The van der Waals surface area contributed by atoms with Crippen molar-refractivity contribution in [3.63, 3.8) is 0 Å². The first-order valence-corrected chi connectivity index (χ1v) is 9.93. The fourth-order valence-electron chi connectivity index (χ4n) is 1.25. The number of H-pyrrole nitrogens is 2. The van der Waals surface area contributed by atoms with Crippen molar-refractivity contribution in [2.45, 2.75) is 0 Å². The molecular weight excluding hydrogens is 576 g/mol. The number of hydrogen-bond acceptors (Lipinski definition) is 6. The summed E-state index contributed by atoms with van der Waals surface area (Å²) in [5.41, 5.74) is 7.33. The van der Waals surface area contributed by atoms with Gasteiger partial charge in [-0.1, -0.05) is 48.0 Å². The standard InChI is InChI=1S/2C7H9N3S2.Pt/c2*1-12-7(11)10-9-5-6-3-2-4-8-6;/h2*2-5,8H,1H3,(H,10,11);. The van der Waals surface area contributed by atoms with E-state index in [1.807, 2.05) is 49.2 Å². The van der Waals surface area contributed by atoms with Crippen LogP contribution in [-0.4, -0.2) is 43.5 Å². The number of thioether (sulfide) groups is 2. The van der Waals surface area contributed by atoms with E-state index >= 15 is 0 Å². The van der Waals surface area contributed by atoms with Gasteiger partial charge in [-0.2, -0.15) is 10.2 Å². The molecule has 0 aliphatic heterocycles. The fraction of sp³-hybridized carbons (Fsp3) is 0.143. The van der Waals surface area contributed by atoms with Crippen molar-refractivity contribution < 1.29 is 21.1 Å². The molecule has 0 radical (unpaired) electrons. The number of hydrogen-bond donors (Lipinski definition) is 4. The van der Waals surface area contributed by atoms with Crippen LogP contribution in [0.15, 0.2) is 46.9 Å². The van der Waals surface area contributed by atoms with Gasteiger partial charge in [0.05, 0.1) is 23.8 Å². The summed E-state index contributed by atoms with van der Waals surface area (Å²) in [7, 11) is 0. The zero-order chi connectivity index (χ0) is 17.6. The number of nitrogens with zero attached hydrogens (tertiary/aromatic N) is 2. The molecule has 0 saturated heterocycles. The monoisotopic (exact) mass is 593 g/mol. The van der Waals surface area contributed by atoms with Crippen molar-refractivity contribution in [1.29, 1.82) is 0 Å². The van der Waals surface area contributed by atoms with Gasteiger partial charge >= 0.3 is 0 Å². The van der Waals surface area contributed by atoms with Gasteiger partial charge in [-0.25, -0.2) is 0 Å². The number of nitrogens with one attached hydrogen (secondary N) is 4. The molecule has 138 valence electrons. The van der Waals surface area contributed by atoms with Crippen LogP contribution in [0.5, 0.6) is 0 Å². The first-order chi connectivity index (χ1) is 11.7. The number of thiocarbonyl (C=S) groups is 2. The topological polar surface area (TPSA) is 80.4 Å². The summed E-state index contributed by atoms with van der Waals surface area (Å²) >= 11 is 12.7. The zero-order valence-electron chi connectivity index (χ0n) is 13.5. The quantitative estimate of drug-likeness (QED) is 0.248. The van der Waals surface area contributed by atoms with Crippen molar-refractivity contribution in [3.05, 3.63) is 48.0 Å². The molecule has 2 aromatic heterocycles. The average Bonchev–Trinajstić information content (AvgIpc) is 3.29. The van der Waals surface area contributed by atoms with E-state index in [4.69, 9.17) is 24.4 Å². The largest absolute Gasteiger partial charge is 0.360 e. The molecule has 0 saturated carbocycles. The predicted molar refractivity (Wildman–Crippen MR) is 115 cm³/mol. The van der Waals surface area contributed by atoms with Crippen LogP contribution >= 0.6 is 48.0 Å². The molecule has 0 aliphatic carbocycles. The maximum absolute atomic E-state index is 4.88. The van der Waals surface area contributed by atoms with Crippen LogP contribution in [0.25, 0.3) is 0 Å². The van der Waals surface area contributed by atoms with Crippen molar-refractivity contribution >= 4 is 69.0 Å². The van der Waals surface area contributed by atoms with Crippen molar-refractivity contribution in [2.75, 3.05) is 12.5 Å². The number of aromatic amines is 2. The average molecular weight is 594 g/mol. The second-order valence-electron chi connectivity index (χ2n) is 3.97. The molecule has 0 bridgehead atoms. The SMILES string of the molecule is CSC(=S)NN=Cc1ccc[nH]1.CSC(=S)NN=Cc1ccc[nH]1.[Pt]. The van der Waals surface area contributed by atoms with Crippen molar-refractivity contribution in [3.8, 4) is 0 Å². The van der Waals surface area contributed by atoms with E-state index in [1.165, 1.54) is 23.5 Å². The molecule has 4 N–H and O–H groups in total. The predicted octanol–water partition coefficient (Wildman–Crippen LogP) is 3.17. The fourth-order valence-corrected chi connectivity index (χ4v) is 1.64. The third kappa shape index (κ3) is 12.1. The van der Waals surface area contributed by atoms with Gasteiger partial charge < -0.3 is 9.97 Å². The Bertz CT molecular complexity index is 597. The third-order valence-corrected chi connectivity index (χ3v) is 4.44. The van der Waals surface area contributed by atoms with Gasteiger partial charge in [0.25, 0.3) is 0 Å². The molecule has 25 heavy (non-hydrogen) atoms. The summed E-state index contributed by atoms with van der Waals surface area (Å²) in [5, 5.41) is 7.83. The molecule has 0 amide bonds. The van der Waals surface area contributed by atoms with E-state index in [1.54, 1.807) is 12.4 Å². The normalized spacial score (nSPS) is 10.0. The van der Waals surface area contributed by atoms with Gasteiger partial charge in [0, 0.05) is 33.5 Å². The molecule has 2 rings (SSSR count). The van der Waals surface area contributed by atoms with Crippen LogP contribution in [0.4, 0.5) is 0 Å². The van der Waals surface area contributed by atoms with Crippen LogP contribution in [-0.2, 0) is 21.1 Å². The second-order valence-corrected chi connectivity index (χ2v) is 6.94. The van der Waals surface area contributed by atoms with E-state index in [0.717, 1.165) is 11.4 Å². The van der Waals surface area contributed by atoms with Gasteiger partial charge in [0.2, 0.25) is 0 Å². The molecule has 0 unspecified atom stereocenters. The Morgan fingerprint density at radius 3 is 1.60 bits per heavy atom. The first kappa shape index (κ1) is 24.1. The molecular formula is C14H18N6PtS4. The second kappa shape index (κ2) is 15.3. The van der Waals surface area contributed by atoms with E-state index < -0.39 is 0 Å². The Balaban J connectivity index is 0.000000443. The minimum atomic E-state index is 0. The van der Waals surface area contributed by atoms with Gasteiger partial charge in [-0.15, -0.1) is 0 Å². The Hall–Kier alpha value is -0.932. The molecule has 2 heterocycles. The van der Waals surface area contributed by atoms with Crippen LogP contribution in [0, 0.1) is 0 Å². The molecule has 0 fully saturated rings. The molecule has 0 spiro atoms. The van der Waals surface area contributed by atoms with E-state index in [2.05, 4.69) is 31.0 Å². The zero-order valence-corrected chi connectivity index (χ0v) is 19.0. The number of rotatable bonds is 4. The van der Waals surface area contributed by atoms with Crippen molar-refractivity contribution in [2.24, 2.45) is 10.2 Å². The van der Waals surface area contributed by atoms with Gasteiger partial charge in [0.1, 0.15) is 0 Å². The molecule has 0 aliphatic rings. The van der Waals surface area contributed by atoms with E-state index in [-0.39, 0.29) is 21.1 Å². The van der Waals surface area contributed by atoms with Gasteiger partial charge in [-0.05, 0) is 36.8 Å². The molecule has 0 atom stereocenters. The summed E-state index contributed by atoms with van der Waals surface area (Å²) in [6, 6.07) is 7.67. The van der Waals surface area contributed by atoms with E-state index in [9.17, 15) is 0 Å². The summed E-state index contributed by atoms with van der Waals surface area (Å²) in [4.78, 5) is 5.98. The maximum atomic E-state index is 4.88. The van der Waals surface area contributed by atoms with Crippen LogP contribution in [0.1, 0.15) is 11.4 Å². The minimum absolute atomic E-state index is 0. The minimum Gasteiger partial charge on any atom is -0.360 e. The van der Waals surface area contributed by atoms with Crippen molar-refractivity contribution in [1.82, 2.24) is 20.8 Å². The van der Waals surface area contributed by atoms with Crippen LogP contribution in [0.3, 0.4) is 0 Å². The Kier molecular flexibility index (Phi) is 14.8. The molecule has 6 nitrogen and oxygen atoms in total. The van der Waals surface area contributed by atoms with Crippen LogP contribution in [0.2, 0.25) is 0 Å². The summed E-state index contributed by atoms with van der Waals surface area (Å²) in [6.07, 6.45) is 10.9. The smallest absolute Gasteiger partial charge is 0.153 e. The molecule has 0 aromatic carbocycles. The van der Waals surface area contributed by atoms with Gasteiger partial charge in [0.15, 0.2) is 8.64 Å². The number of aromatic nitrogens is 2. The Morgan fingerprint density at radius 2 is 1.32 bits per heavy atom. The molecule has 2 aromatic rings. The molecule has 11 heteroatoms. The Labute approximate surface area is 180 Å².